The second kappa shape index (κ2) is 6.20. The van der Waals surface area contributed by atoms with Gasteiger partial charge in [0.15, 0.2) is 0 Å². The number of hydrogen-bond acceptors (Lipinski definition) is 3. The molecule has 4 amide bonds. The van der Waals surface area contributed by atoms with Crippen molar-refractivity contribution in [3.63, 3.8) is 0 Å². The van der Waals surface area contributed by atoms with Crippen molar-refractivity contribution in [1.82, 2.24) is 15.1 Å². The van der Waals surface area contributed by atoms with E-state index in [1.807, 2.05) is 18.2 Å². The van der Waals surface area contributed by atoms with Crippen LogP contribution in [0.2, 0.25) is 0 Å². The number of rotatable bonds is 5. The standard InChI is InChI=1S/C17H20BrN3O3/c1-17(12-5-3-4-6-13(12)18)15(23)21(16(24)19-17)10-14(22)20(2)9-11-7-8-11/h3-6,11H,7-10H2,1-2H3,(H,19,24). The number of carbonyl (C=O) groups excluding carboxylic acids is 3. The molecular weight excluding hydrogens is 374 g/mol. The summed E-state index contributed by atoms with van der Waals surface area (Å²) in [5.74, 6) is -0.0676. The van der Waals surface area contributed by atoms with E-state index in [1.54, 1.807) is 24.9 Å². The minimum atomic E-state index is -1.17. The Kier molecular flexibility index (Phi) is 4.38. The Morgan fingerprint density at radius 1 is 1.38 bits per heavy atom. The van der Waals surface area contributed by atoms with Crippen LogP contribution in [0.25, 0.3) is 0 Å². The van der Waals surface area contributed by atoms with E-state index in [0.29, 0.717) is 18.0 Å². The molecule has 1 heterocycles. The first kappa shape index (κ1) is 17.0. The SMILES string of the molecule is CN(CC1CC1)C(=O)CN1C(=O)NC(C)(c2ccccc2Br)C1=O. The highest BCUT2D eigenvalue weighted by molar-refractivity contribution is 9.10. The molecule has 1 aliphatic carbocycles. The molecule has 0 aromatic heterocycles. The second-order valence-electron chi connectivity index (χ2n) is 6.64. The minimum Gasteiger partial charge on any atom is -0.344 e. The Balaban J connectivity index is 1.76. The lowest BCUT2D eigenvalue weighted by molar-refractivity contribution is -0.138. The van der Waals surface area contributed by atoms with Crippen molar-refractivity contribution in [2.24, 2.45) is 5.92 Å². The van der Waals surface area contributed by atoms with Crippen LogP contribution in [0.4, 0.5) is 4.79 Å². The molecule has 128 valence electrons. The van der Waals surface area contributed by atoms with Gasteiger partial charge in [-0.1, -0.05) is 34.1 Å². The Morgan fingerprint density at radius 3 is 2.67 bits per heavy atom. The van der Waals surface area contributed by atoms with Crippen molar-refractivity contribution < 1.29 is 14.4 Å². The number of nitrogens with one attached hydrogen (secondary N) is 1. The van der Waals surface area contributed by atoms with E-state index in [4.69, 9.17) is 0 Å². The largest absolute Gasteiger partial charge is 0.344 e. The summed E-state index contributed by atoms with van der Waals surface area (Å²) in [5, 5.41) is 2.72. The number of imide groups is 1. The maximum absolute atomic E-state index is 12.8. The van der Waals surface area contributed by atoms with Crippen LogP contribution in [-0.4, -0.2) is 47.8 Å². The van der Waals surface area contributed by atoms with Gasteiger partial charge in [0.25, 0.3) is 5.91 Å². The predicted molar refractivity (Wildman–Crippen MR) is 92.1 cm³/mol. The molecule has 1 aromatic carbocycles. The van der Waals surface area contributed by atoms with Crippen LogP contribution in [0.1, 0.15) is 25.3 Å². The molecule has 1 saturated carbocycles. The number of hydrogen-bond donors (Lipinski definition) is 1. The lowest BCUT2D eigenvalue weighted by atomic mass is 9.92. The fourth-order valence-electron chi connectivity index (χ4n) is 2.94. The zero-order valence-electron chi connectivity index (χ0n) is 13.7. The van der Waals surface area contributed by atoms with Crippen LogP contribution in [0.3, 0.4) is 0 Å². The van der Waals surface area contributed by atoms with Crippen LogP contribution in [0, 0.1) is 5.92 Å². The highest BCUT2D eigenvalue weighted by Gasteiger charge is 2.50. The van der Waals surface area contributed by atoms with Crippen LogP contribution in [0.5, 0.6) is 0 Å². The van der Waals surface area contributed by atoms with Gasteiger partial charge in [-0.25, -0.2) is 4.79 Å². The summed E-state index contributed by atoms with van der Waals surface area (Å²) in [7, 11) is 1.71. The summed E-state index contributed by atoms with van der Waals surface area (Å²) in [4.78, 5) is 40.0. The molecule has 0 spiro atoms. The van der Waals surface area contributed by atoms with Crippen LogP contribution in [0.15, 0.2) is 28.7 Å². The van der Waals surface area contributed by atoms with Crippen molar-refractivity contribution >= 4 is 33.8 Å². The Morgan fingerprint density at radius 2 is 2.04 bits per heavy atom. The van der Waals surface area contributed by atoms with Gasteiger partial charge in [0.05, 0.1) is 0 Å². The number of nitrogens with zero attached hydrogens (tertiary/aromatic N) is 2. The average Bonchev–Trinajstić information content (AvgIpc) is 3.32. The zero-order valence-corrected chi connectivity index (χ0v) is 15.3. The first-order valence-corrected chi connectivity index (χ1v) is 8.75. The number of benzene rings is 1. The lowest BCUT2D eigenvalue weighted by Gasteiger charge is -2.24. The summed E-state index contributed by atoms with van der Waals surface area (Å²) in [6.07, 6.45) is 2.28. The highest BCUT2D eigenvalue weighted by Crippen LogP contribution is 2.33. The van der Waals surface area contributed by atoms with Crippen molar-refractivity contribution in [2.75, 3.05) is 20.1 Å². The Hall–Kier alpha value is -1.89. The third kappa shape index (κ3) is 3.05. The number of likely N-dealkylation sites (N-methyl/N-ethyl adjacent to an activating group) is 1. The molecule has 2 aliphatic rings. The molecule has 1 aromatic rings. The molecule has 1 aliphatic heterocycles. The smallest absolute Gasteiger partial charge is 0.325 e. The molecule has 1 N–H and O–H groups in total. The van der Waals surface area contributed by atoms with E-state index >= 15 is 0 Å². The molecule has 6 nitrogen and oxygen atoms in total. The van der Waals surface area contributed by atoms with Crippen molar-refractivity contribution in [1.29, 1.82) is 0 Å². The summed E-state index contributed by atoms with van der Waals surface area (Å²) in [5.41, 5.74) is -0.503. The molecular formula is C17H20BrN3O3. The normalized spacial score (nSPS) is 23.4. The van der Waals surface area contributed by atoms with Gasteiger partial charge >= 0.3 is 6.03 Å². The quantitative estimate of drug-likeness (QED) is 0.778. The molecule has 0 bridgehead atoms. The van der Waals surface area contributed by atoms with Gasteiger partial charge in [0.1, 0.15) is 12.1 Å². The Bertz CT molecular complexity index is 704. The van der Waals surface area contributed by atoms with Crippen molar-refractivity contribution in [2.45, 2.75) is 25.3 Å². The number of halogens is 1. The van der Waals surface area contributed by atoms with Gasteiger partial charge < -0.3 is 10.2 Å². The second-order valence-corrected chi connectivity index (χ2v) is 7.50. The lowest BCUT2D eigenvalue weighted by Crippen LogP contribution is -2.44. The number of carbonyl (C=O) groups is 3. The van der Waals surface area contributed by atoms with E-state index in [2.05, 4.69) is 21.2 Å². The van der Waals surface area contributed by atoms with Gasteiger partial charge in [-0.05, 0) is 31.7 Å². The topological polar surface area (TPSA) is 69.7 Å². The molecule has 0 radical (unpaired) electrons. The minimum absolute atomic E-state index is 0.221. The number of urea groups is 1. The molecule has 1 atom stereocenters. The summed E-state index contributed by atoms with van der Waals surface area (Å²) < 4.78 is 0.736. The molecule has 1 unspecified atom stereocenters. The predicted octanol–water partition coefficient (Wildman–Crippen LogP) is 2.08. The van der Waals surface area contributed by atoms with Crippen LogP contribution >= 0.6 is 15.9 Å². The number of amides is 4. The summed E-state index contributed by atoms with van der Waals surface area (Å²) in [6, 6.07) is 6.71. The molecule has 24 heavy (non-hydrogen) atoms. The summed E-state index contributed by atoms with van der Waals surface area (Å²) >= 11 is 3.42. The van der Waals surface area contributed by atoms with Crippen molar-refractivity contribution in [3.05, 3.63) is 34.3 Å². The fourth-order valence-corrected chi connectivity index (χ4v) is 3.62. The summed E-state index contributed by atoms with van der Waals surface area (Å²) in [6.45, 7) is 2.11. The fraction of sp³-hybridized carbons (Fsp3) is 0.471. The molecule has 7 heteroatoms. The third-order valence-electron chi connectivity index (χ3n) is 4.64. The van der Waals surface area contributed by atoms with Crippen molar-refractivity contribution in [3.8, 4) is 0 Å². The molecule has 1 saturated heterocycles. The van der Waals surface area contributed by atoms with E-state index in [9.17, 15) is 14.4 Å². The average molecular weight is 394 g/mol. The third-order valence-corrected chi connectivity index (χ3v) is 5.33. The molecule has 2 fully saturated rings. The maximum atomic E-state index is 12.8. The highest BCUT2D eigenvalue weighted by atomic mass is 79.9. The van der Waals surface area contributed by atoms with Gasteiger partial charge in [-0.3, -0.25) is 14.5 Å². The monoisotopic (exact) mass is 393 g/mol. The maximum Gasteiger partial charge on any atom is 0.325 e. The van der Waals surface area contributed by atoms with Gasteiger partial charge in [0, 0.05) is 23.6 Å². The van der Waals surface area contributed by atoms with E-state index in [-0.39, 0.29) is 12.5 Å². The first-order chi connectivity index (χ1) is 11.3. The van der Waals surface area contributed by atoms with E-state index in [0.717, 1.165) is 22.2 Å². The molecule has 3 rings (SSSR count). The van der Waals surface area contributed by atoms with Crippen LogP contribution < -0.4 is 5.32 Å². The van der Waals surface area contributed by atoms with Gasteiger partial charge in [0.2, 0.25) is 5.91 Å². The van der Waals surface area contributed by atoms with Crippen LogP contribution in [-0.2, 0) is 15.1 Å². The first-order valence-electron chi connectivity index (χ1n) is 7.96. The van der Waals surface area contributed by atoms with Gasteiger partial charge in [-0.2, -0.15) is 0 Å². The zero-order chi connectivity index (χ0) is 17.5. The van der Waals surface area contributed by atoms with E-state index < -0.39 is 17.5 Å². The van der Waals surface area contributed by atoms with Gasteiger partial charge in [-0.15, -0.1) is 0 Å². The Labute approximate surface area is 149 Å². The van der Waals surface area contributed by atoms with E-state index in [1.165, 1.54) is 0 Å².